The van der Waals surface area contributed by atoms with Gasteiger partial charge in [0.05, 0.1) is 5.75 Å². The van der Waals surface area contributed by atoms with Crippen molar-refractivity contribution in [3.8, 4) is 0 Å². The average molecular weight is 329 g/mol. The first-order chi connectivity index (χ1) is 11.0. The third kappa shape index (κ3) is 3.42. The van der Waals surface area contributed by atoms with E-state index in [1.54, 1.807) is 11.3 Å². The minimum Gasteiger partial charge on any atom is -0.325 e. The monoisotopic (exact) mass is 329 g/mol. The lowest BCUT2D eigenvalue weighted by molar-refractivity contribution is -0.113. The highest BCUT2D eigenvalue weighted by molar-refractivity contribution is 7.99. The van der Waals surface area contributed by atoms with Crippen LogP contribution in [0, 0.1) is 13.8 Å². The summed E-state index contributed by atoms with van der Waals surface area (Å²) in [5.41, 5.74) is 2.39. The van der Waals surface area contributed by atoms with Crippen LogP contribution in [-0.4, -0.2) is 31.2 Å². The zero-order valence-corrected chi connectivity index (χ0v) is 13.5. The van der Waals surface area contributed by atoms with Crippen molar-refractivity contribution < 1.29 is 4.79 Å². The number of H-pyrrole nitrogens is 1. The maximum absolute atomic E-state index is 12.0. The van der Waals surface area contributed by atoms with Crippen LogP contribution in [-0.2, 0) is 4.79 Å². The van der Waals surface area contributed by atoms with E-state index in [0.29, 0.717) is 10.9 Å². The lowest BCUT2D eigenvalue weighted by atomic mass is 10.2. The summed E-state index contributed by atoms with van der Waals surface area (Å²) in [7, 11) is 0. The molecule has 0 fully saturated rings. The van der Waals surface area contributed by atoms with E-state index < -0.39 is 0 Å². The van der Waals surface area contributed by atoms with E-state index in [4.69, 9.17) is 0 Å². The molecule has 0 saturated carbocycles. The highest BCUT2D eigenvalue weighted by atomic mass is 32.2. The van der Waals surface area contributed by atoms with Gasteiger partial charge in [-0.3, -0.25) is 19.0 Å². The topological polar surface area (TPSA) is 92.2 Å². The van der Waals surface area contributed by atoms with Crippen molar-refractivity contribution in [2.45, 2.75) is 19.0 Å². The van der Waals surface area contributed by atoms with E-state index in [1.165, 1.54) is 17.8 Å². The van der Waals surface area contributed by atoms with Crippen LogP contribution in [0.2, 0.25) is 0 Å². The number of hydrogen-bond donors (Lipinski definition) is 2. The van der Waals surface area contributed by atoms with E-state index in [1.807, 2.05) is 31.2 Å². The minimum absolute atomic E-state index is 0.127. The molecule has 0 radical (unpaired) electrons. The Balaban J connectivity index is 1.69. The van der Waals surface area contributed by atoms with Crippen molar-refractivity contribution >= 4 is 29.1 Å². The molecule has 2 N–H and O–H groups in total. The summed E-state index contributed by atoms with van der Waals surface area (Å²) in [6, 6.07) is 9.06. The highest BCUT2D eigenvalue weighted by Gasteiger charge is 2.12. The SMILES string of the molecule is Cc1ccc(NC(=O)CSc2nnc3[nH]c(=O)cc(C)n23)cc1. The molecule has 0 unspecified atom stereocenters. The number of nitrogens with one attached hydrogen (secondary N) is 2. The summed E-state index contributed by atoms with van der Waals surface area (Å²) < 4.78 is 1.71. The number of thioether (sulfide) groups is 1. The molecule has 2 heterocycles. The van der Waals surface area contributed by atoms with Crippen molar-refractivity contribution in [2.24, 2.45) is 0 Å². The normalized spacial score (nSPS) is 10.9. The number of anilines is 1. The van der Waals surface area contributed by atoms with Gasteiger partial charge in [0, 0.05) is 17.4 Å². The standard InChI is InChI=1S/C15H15N5O2S/c1-9-3-5-11(6-4-9)16-13(22)8-23-15-19-18-14-17-12(21)7-10(2)20(14)15/h3-7H,8H2,1-2H3,(H,16,22)(H,17,18,21). The number of aromatic nitrogens is 4. The van der Waals surface area contributed by atoms with Gasteiger partial charge in [0.25, 0.3) is 5.56 Å². The van der Waals surface area contributed by atoms with Gasteiger partial charge in [0.15, 0.2) is 5.16 Å². The molecule has 118 valence electrons. The van der Waals surface area contributed by atoms with Crippen LogP contribution in [0.4, 0.5) is 5.69 Å². The molecule has 0 spiro atoms. The second-order valence-electron chi connectivity index (χ2n) is 5.12. The molecular weight excluding hydrogens is 314 g/mol. The van der Waals surface area contributed by atoms with Crippen LogP contribution in [0.5, 0.6) is 0 Å². The molecule has 0 aliphatic carbocycles. The van der Waals surface area contributed by atoms with Gasteiger partial charge in [0.1, 0.15) is 0 Å². The lowest BCUT2D eigenvalue weighted by Gasteiger charge is -2.05. The predicted octanol–water partition coefficient (Wildman–Crippen LogP) is 1.77. The molecule has 8 heteroatoms. The number of carbonyl (C=O) groups is 1. The summed E-state index contributed by atoms with van der Waals surface area (Å²) >= 11 is 1.26. The summed E-state index contributed by atoms with van der Waals surface area (Å²) in [5.74, 6) is 0.446. The highest BCUT2D eigenvalue weighted by Crippen LogP contribution is 2.17. The van der Waals surface area contributed by atoms with Crippen LogP contribution in [0.25, 0.3) is 5.78 Å². The van der Waals surface area contributed by atoms with Crippen molar-refractivity contribution in [2.75, 3.05) is 11.1 Å². The number of nitrogens with zero attached hydrogens (tertiary/aromatic N) is 3. The van der Waals surface area contributed by atoms with Crippen molar-refractivity contribution in [3.63, 3.8) is 0 Å². The van der Waals surface area contributed by atoms with Gasteiger partial charge in [-0.15, -0.1) is 10.2 Å². The van der Waals surface area contributed by atoms with Gasteiger partial charge in [-0.25, -0.2) is 0 Å². The van der Waals surface area contributed by atoms with Crippen LogP contribution in [0.3, 0.4) is 0 Å². The zero-order valence-electron chi connectivity index (χ0n) is 12.7. The molecule has 3 rings (SSSR count). The Bertz CT molecular complexity index is 914. The van der Waals surface area contributed by atoms with Gasteiger partial charge in [-0.1, -0.05) is 29.5 Å². The summed E-state index contributed by atoms with van der Waals surface area (Å²) in [6.45, 7) is 3.78. The van der Waals surface area contributed by atoms with Crippen LogP contribution >= 0.6 is 11.8 Å². The van der Waals surface area contributed by atoms with Crippen molar-refractivity contribution in [1.82, 2.24) is 19.6 Å². The quantitative estimate of drug-likeness (QED) is 0.712. The zero-order chi connectivity index (χ0) is 16.4. The Labute approximate surface area is 136 Å². The molecule has 0 aliphatic heterocycles. The van der Waals surface area contributed by atoms with Gasteiger partial charge >= 0.3 is 0 Å². The number of benzene rings is 1. The second kappa shape index (κ2) is 6.25. The molecule has 3 aromatic rings. The molecule has 1 amide bonds. The number of hydrogen-bond acceptors (Lipinski definition) is 5. The fourth-order valence-corrected chi connectivity index (χ4v) is 2.92. The Morgan fingerprint density at radius 2 is 2.00 bits per heavy atom. The van der Waals surface area contributed by atoms with Gasteiger partial charge in [0.2, 0.25) is 11.7 Å². The minimum atomic E-state index is -0.226. The van der Waals surface area contributed by atoms with E-state index in [0.717, 1.165) is 16.9 Å². The largest absolute Gasteiger partial charge is 0.325 e. The molecule has 1 aromatic carbocycles. The number of fused-ring (bicyclic) bond motifs is 1. The van der Waals surface area contributed by atoms with Crippen LogP contribution < -0.4 is 10.9 Å². The summed E-state index contributed by atoms with van der Waals surface area (Å²) in [6.07, 6.45) is 0. The Morgan fingerprint density at radius 1 is 1.26 bits per heavy atom. The predicted molar refractivity (Wildman–Crippen MR) is 88.9 cm³/mol. The Hall–Kier alpha value is -2.61. The fraction of sp³-hybridized carbons (Fsp3) is 0.200. The Kier molecular flexibility index (Phi) is 4.16. The maximum atomic E-state index is 12.0. The summed E-state index contributed by atoms with van der Waals surface area (Å²) in [4.78, 5) is 26.0. The molecule has 0 aliphatic rings. The summed E-state index contributed by atoms with van der Waals surface area (Å²) in [5, 5.41) is 11.3. The molecular formula is C15H15N5O2S. The molecule has 7 nitrogen and oxygen atoms in total. The molecule has 0 bridgehead atoms. The number of rotatable bonds is 4. The number of aryl methyl sites for hydroxylation is 2. The second-order valence-corrected chi connectivity index (χ2v) is 6.06. The molecule has 0 saturated heterocycles. The third-order valence-electron chi connectivity index (χ3n) is 3.23. The van der Waals surface area contributed by atoms with E-state index in [-0.39, 0.29) is 17.2 Å². The van der Waals surface area contributed by atoms with Crippen LogP contribution in [0.15, 0.2) is 40.3 Å². The first-order valence-electron chi connectivity index (χ1n) is 6.97. The first-order valence-corrected chi connectivity index (χ1v) is 7.96. The average Bonchev–Trinajstić information content (AvgIpc) is 2.91. The van der Waals surface area contributed by atoms with E-state index >= 15 is 0 Å². The third-order valence-corrected chi connectivity index (χ3v) is 4.16. The van der Waals surface area contributed by atoms with E-state index in [9.17, 15) is 9.59 Å². The molecule has 0 atom stereocenters. The van der Waals surface area contributed by atoms with Crippen molar-refractivity contribution in [1.29, 1.82) is 0 Å². The van der Waals surface area contributed by atoms with E-state index in [2.05, 4.69) is 20.5 Å². The smallest absolute Gasteiger partial charge is 0.252 e. The van der Waals surface area contributed by atoms with Gasteiger partial charge in [-0.05, 0) is 26.0 Å². The number of carbonyl (C=O) groups excluding carboxylic acids is 1. The fourth-order valence-electron chi connectivity index (χ4n) is 2.13. The molecule has 23 heavy (non-hydrogen) atoms. The number of aromatic amines is 1. The number of amides is 1. The van der Waals surface area contributed by atoms with Crippen molar-refractivity contribution in [3.05, 3.63) is 51.9 Å². The van der Waals surface area contributed by atoms with Crippen LogP contribution in [0.1, 0.15) is 11.3 Å². The first kappa shape index (κ1) is 15.3. The van der Waals surface area contributed by atoms with Gasteiger partial charge in [-0.2, -0.15) is 0 Å². The maximum Gasteiger partial charge on any atom is 0.252 e. The lowest BCUT2D eigenvalue weighted by Crippen LogP contribution is -2.14. The molecule has 2 aromatic heterocycles. The van der Waals surface area contributed by atoms with Gasteiger partial charge < -0.3 is 5.32 Å². The Morgan fingerprint density at radius 3 is 2.74 bits per heavy atom.